The van der Waals surface area contributed by atoms with Crippen LogP contribution < -0.4 is 0 Å². The summed E-state index contributed by atoms with van der Waals surface area (Å²) in [4.78, 5) is 13.6. The highest BCUT2D eigenvalue weighted by molar-refractivity contribution is 6.39. The zero-order valence-electron chi connectivity index (χ0n) is 15.2. The molecule has 0 amide bonds. The molecule has 0 saturated heterocycles. The van der Waals surface area contributed by atoms with Crippen molar-refractivity contribution in [2.45, 2.75) is 37.7 Å². The molecule has 0 bridgehead atoms. The average molecular weight is 354 g/mol. The summed E-state index contributed by atoms with van der Waals surface area (Å²) < 4.78 is 0. The number of fused-ring (bicyclic) bond motifs is 3. The Morgan fingerprint density at radius 3 is 2.26 bits per heavy atom. The van der Waals surface area contributed by atoms with Crippen LogP contribution in [0.3, 0.4) is 0 Å². The van der Waals surface area contributed by atoms with E-state index in [0.29, 0.717) is 5.57 Å². The number of rotatable bonds is 2. The van der Waals surface area contributed by atoms with Gasteiger partial charge in [-0.2, -0.15) is 0 Å². The second kappa shape index (κ2) is 6.17. The summed E-state index contributed by atoms with van der Waals surface area (Å²) >= 11 is 0. The Labute approximate surface area is 159 Å². The van der Waals surface area contributed by atoms with Crippen LogP contribution in [-0.2, 0) is 4.79 Å². The number of ketones is 1. The minimum atomic E-state index is -0.921. The fourth-order valence-electron chi connectivity index (χ4n) is 4.73. The number of allylic oxidation sites excluding steroid dienone is 3. The second-order valence-corrected chi connectivity index (χ2v) is 7.78. The molecular formula is C25H22O2. The monoisotopic (exact) mass is 354 g/mol. The Balaban J connectivity index is 1.76. The first-order valence-electron chi connectivity index (χ1n) is 9.78. The molecule has 0 radical (unpaired) electrons. The molecule has 1 fully saturated rings. The third-order valence-corrected chi connectivity index (χ3v) is 6.12. The van der Waals surface area contributed by atoms with Gasteiger partial charge in [-0.15, -0.1) is 0 Å². The summed E-state index contributed by atoms with van der Waals surface area (Å²) in [5.74, 6) is 0.0314. The van der Waals surface area contributed by atoms with E-state index < -0.39 is 5.60 Å². The van der Waals surface area contributed by atoms with E-state index in [9.17, 15) is 9.90 Å². The maximum absolute atomic E-state index is 13.6. The van der Waals surface area contributed by atoms with Gasteiger partial charge in [-0.25, -0.2) is 0 Å². The van der Waals surface area contributed by atoms with E-state index in [0.717, 1.165) is 65.5 Å². The summed E-state index contributed by atoms with van der Waals surface area (Å²) in [6.45, 7) is 0. The van der Waals surface area contributed by atoms with Crippen molar-refractivity contribution in [3.05, 3.63) is 88.5 Å². The highest BCUT2D eigenvalue weighted by Crippen LogP contribution is 2.48. The Morgan fingerprint density at radius 1 is 0.778 bits per heavy atom. The van der Waals surface area contributed by atoms with Crippen molar-refractivity contribution < 1.29 is 9.90 Å². The zero-order chi connectivity index (χ0) is 18.4. The van der Waals surface area contributed by atoms with Crippen LogP contribution in [0.2, 0.25) is 0 Å². The number of benzene rings is 2. The van der Waals surface area contributed by atoms with Crippen molar-refractivity contribution in [3.63, 3.8) is 0 Å². The van der Waals surface area contributed by atoms with Gasteiger partial charge in [-0.1, -0.05) is 73.9 Å². The molecule has 134 valence electrons. The summed E-state index contributed by atoms with van der Waals surface area (Å²) in [5, 5.41) is 11.5. The van der Waals surface area contributed by atoms with Gasteiger partial charge in [0.15, 0.2) is 5.78 Å². The number of aliphatic hydroxyl groups is 1. The van der Waals surface area contributed by atoms with Crippen LogP contribution in [0, 0.1) is 0 Å². The summed E-state index contributed by atoms with van der Waals surface area (Å²) in [6, 6.07) is 17.9. The van der Waals surface area contributed by atoms with Gasteiger partial charge in [-0.05, 0) is 52.8 Å². The van der Waals surface area contributed by atoms with Gasteiger partial charge in [0.25, 0.3) is 0 Å². The van der Waals surface area contributed by atoms with Crippen LogP contribution in [-0.4, -0.2) is 16.5 Å². The van der Waals surface area contributed by atoms with Crippen molar-refractivity contribution in [2.75, 3.05) is 0 Å². The summed E-state index contributed by atoms with van der Waals surface area (Å²) in [5.41, 5.74) is 5.33. The molecule has 0 heterocycles. The molecule has 2 aromatic rings. The Bertz CT molecular complexity index is 1020. The van der Waals surface area contributed by atoms with Gasteiger partial charge in [-0.3, -0.25) is 4.79 Å². The SMILES string of the molecule is O=C1C2=Cc3ccccc3C2=CC(C2(O)CCCCC2)=C1c1ccccc1. The number of Topliss-reactive ketones (excluding diaryl/α,β-unsaturated/α-hetero) is 1. The third-order valence-electron chi connectivity index (χ3n) is 6.12. The molecule has 5 rings (SSSR count). The van der Waals surface area contributed by atoms with E-state index >= 15 is 0 Å². The van der Waals surface area contributed by atoms with E-state index in [1.807, 2.05) is 54.6 Å². The largest absolute Gasteiger partial charge is 0.385 e. The van der Waals surface area contributed by atoms with Gasteiger partial charge in [0, 0.05) is 11.1 Å². The topological polar surface area (TPSA) is 37.3 Å². The maximum atomic E-state index is 13.6. The van der Waals surface area contributed by atoms with Gasteiger partial charge < -0.3 is 5.11 Å². The molecule has 2 nitrogen and oxygen atoms in total. The van der Waals surface area contributed by atoms with Gasteiger partial charge in [0.2, 0.25) is 0 Å². The minimum absolute atomic E-state index is 0.0314. The third kappa shape index (κ3) is 2.55. The van der Waals surface area contributed by atoms with E-state index in [1.165, 1.54) is 0 Å². The molecule has 3 aliphatic carbocycles. The zero-order valence-corrected chi connectivity index (χ0v) is 15.2. The average Bonchev–Trinajstić information content (AvgIpc) is 3.08. The van der Waals surface area contributed by atoms with Crippen molar-refractivity contribution in [2.24, 2.45) is 0 Å². The van der Waals surface area contributed by atoms with Crippen LogP contribution in [0.25, 0.3) is 17.2 Å². The van der Waals surface area contributed by atoms with E-state index in [1.54, 1.807) is 0 Å². The highest BCUT2D eigenvalue weighted by Gasteiger charge is 2.41. The smallest absolute Gasteiger partial charge is 0.194 e. The lowest BCUT2D eigenvalue weighted by molar-refractivity contribution is -0.110. The molecule has 1 saturated carbocycles. The predicted octanol–water partition coefficient (Wildman–Crippen LogP) is 5.20. The first-order valence-corrected chi connectivity index (χ1v) is 9.78. The number of carbonyl (C=O) groups is 1. The fraction of sp³-hybridized carbons (Fsp3) is 0.240. The molecule has 0 spiro atoms. The molecule has 2 aromatic carbocycles. The van der Waals surface area contributed by atoms with E-state index in [2.05, 4.69) is 12.1 Å². The molecule has 0 unspecified atom stereocenters. The maximum Gasteiger partial charge on any atom is 0.194 e. The molecule has 0 aromatic heterocycles. The minimum Gasteiger partial charge on any atom is -0.385 e. The molecule has 0 aliphatic heterocycles. The second-order valence-electron chi connectivity index (χ2n) is 7.78. The van der Waals surface area contributed by atoms with Crippen molar-refractivity contribution in [1.29, 1.82) is 0 Å². The van der Waals surface area contributed by atoms with Crippen LogP contribution >= 0.6 is 0 Å². The lowest BCUT2D eigenvalue weighted by Gasteiger charge is -2.36. The van der Waals surface area contributed by atoms with Gasteiger partial charge in [0.05, 0.1) is 5.60 Å². The standard InChI is InChI=1S/C25H22O2/c26-24-21-15-18-11-5-6-12-19(18)20(21)16-22(25(27)13-7-2-8-14-25)23(24)17-9-3-1-4-10-17/h1,3-6,9-12,15-16,27H,2,7-8,13-14H2. The van der Waals surface area contributed by atoms with Crippen molar-refractivity contribution in [1.82, 2.24) is 0 Å². The summed E-state index contributed by atoms with van der Waals surface area (Å²) in [6.07, 6.45) is 8.67. The molecular weight excluding hydrogens is 332 g/mol. The number of hydrogen-bond donors (Lipinski definition) is 1. The predicted molar refractivity (Wildman–Crippen MR) is 109 cm³/mol. The lowest BCUT2D eigenvalue weighted by atomic mass is 9.72. The number of hydrogen-bond acceptors (Lipinski definition) is 2. The molecule has 0 atom stereocenters. The number of carbonyl (C=O) groups excluding carboxylic acids is 1. The molecule has 27 heavy (non-hydrogen) atoms. The summed E-state index contributed by atoms with van der Waals surface area (Å²) in [7, 11) is 0. The lowest BCUT2D eigenvalue weighted by Crippen LogP contribution is -2.35. The Kier molecular flexibility index (Phi) is 3.76. The first kappa shape index (κ1) is 16.5. The first-order chi connectivity index (χ1) is 13.2. The molecule has 1 N–H and O–H groups in total. The van der Waals surface area contributed by atoms with Crippen LogP contribution in [0.1, 0.15) is 48.8 Å². The van der Waals surface area contributed by atoms with E-state index in [-0.39, 0.29) is 5.78 Å². The quantitative estimate of drug-likeness (QED) is 0.805. The highest BCUT2D eigenvalue weighted by atomic mass is 16.3. The molecule has 2 heteroatoms. The van der Waals surface area contributed by atoms with E-state index in [4.69, 9.17) is 0 Å². The van der Waals surface area contributed by atoms with Crippen LogP contribution in [0.15, 0.2) is 71.8 Å². The van der Waals surface area contributed by atoms with Crippen LogP contribution in [0.4, 0.5) is 0 Å². The Hall–Kier alpha value is -2.71. The molecule has 3 aliphatic rings. The van der Waals surface area contributed by atoms with Gasteiger partial charge >= 0.3 is 0 Å². The van der Waals surface area contributed by atoms with Gasteiger partial charge in [0.1, 0.15) is 0 Å². The van der Waals surface area contributed by atoms with Crippen molar-refractivity contribution in [3.8, 4) is 0 Å². The Morgan fingerprint density at radius 2 is 1.48 bits per heavy atom. The van der Waals surface area contributed by atoms with Crippen LogP contribution in [0.5, 0.6) is 0 Å². The normalized spacial score (nSPS) is 20.7. The fourth-order valence-corrected chi connectivity index (χ4v) is 4.73. The van der Waals surface area contributed by atoms with Crippen molar-refractivity contribution >= 4 is 23.0 Å².